The van der Waals surface area contributed by atoms with Crippen LogP contribution in [0, 0.1) is 5.92 Å². The number of nitrogens with one attached hydrogen (secondary N) is 2. The number of methoxy groups -OCH3 is 1. The van der Waals surface area contributed by atoms with Crippen molar-refractivity contribution in [3.63, 3.8) is 0 Å². The minimum Gasteiger partial charge on any atom is -0.493 e. The number of anilines is 1. The van der Waals surface area contributed by atoms with Crippen molar-refractivity contribution in [1.82, 2.24) is 5.32 Å². The smallest absolute Gasteiger partial charge is 0.387 e. The second-order valence-electron chi connectivity index (χ2n) is 5.71. The highest BCUT2D eigenvalue weighted by molar-refractivity contribution is 5.89. The van der Waals surface area contributed by atoms with Crippen molar-refractivity contribution in [3.05, 3.63) is 18.2 Å². The van der Waals surface area contributed by atoms with Gasteiger partial charge < -0.3 is 20.1 Å². The molecule has 2 N–H and O–H groups in total. The van der Waals surface area contributed by atoms with Crippen LogP contribution in [0.3, 0.4) is 0 Å². The fourth-order valence-corrected chi connectivity index (χ4v) is 2.81. The summed E-state index contributed by atoms with van der Waals surface area (Å²) in [6.45, 7) is -0.845. The molecule has 128 valence electrons. The predicted molar refractivity (Wildman–Crippen MR) is 83.2 cm³/mol. The van der Waals surface area contributed by atoms with E-state index in [1.807, 2.05) is 0 Å². The predicted octanol–water partition coefficient (Wildman–Crippen LogP) is 4.00. The third-order valence-electron chi connectivity index (χ3n) is 4.07. The Bertz CT molecular complexity index is 540. The number of carbonyl (C=O) groups excluding carboxylic acids is 1. The topological polar surface area (TPSA) is 59.6 Å². The monoisotopic (exact) mass is 328 g/mol. The van der Waals surface area contributed by atoms with Gasteiger partial charge in [-0.15, -0.1) is 0 Å². The number of urea groups is 1. The third kappa shape index (κ3) is 4.97. The average Bonchev–Trinajstić information content (AvgIpc) is 2.49. The standard InChI is InChI=1S/C16H22F2N2O3/c1-10-5-3-4-6-12(10)20-16(21)19-11-7-8-13(22-2)14(9-11)23-15(17)18/h7-10,12,15H,3-6H2,1-2H3,(H2,19,20,21)/t10-,12+/m0/s1. The van der Waals surface area contributed by atoms with Gasteiger partial charge in [-0.25, -0.2) is 4.79 Å². The van der Waals surface area contributed by atoms with Gasteiger partial charge >= 0.3 is 12.6 Å². The molecular weight excluding hydrogens is 306 g/mol. The van der Waals surface area contributed by atoms with Gasteiger partial charge in [0, 0.05) is 17.8 Å². The summed E-state index contributed by atoms with van der Waals surface area (Å²) in [4.78, 5) is 12.1. The Hall–Kier alpha value is -2.05. The van der Waals surface area contributed by atoms with Crippen LogP contribution < -0.4 is 20.1 Å². The van der Waals surface area contributed by atoms with Crippen molar-refractivity contribution in [2.24, 2.45) is 5.92 Å². The fraction of sp³-hybridized carbons (Fsp3) is 0.562. The van der Waals surface area contributed by atoms with E-state index in [2.05, 4.69) is 22.3 Å². The first-order valence-electron chi connectivity index (χ1n) is 7.70. The van der Waals surface area contributed by atoms with Gasteiger partial charge in [-0.2, -0.15) is 8.78 Å². The largest absolute Gasteiger partial charge is 0.493 e. The Balaban J connectivity index is 1.99. The Labute approximate surface area is 134 Å². The molecule has 0 aromatic heterocycles. The molecule has 0 spiro atoms. The number of rotatable bonds is 5. The molecule has 2 rings (SSSR count). The van der Waals surface area contributed by atoms with Crippen LogP contribution >= 0.6 is 0 Å². The fourth-order valence-electron chi connectivity index (χ4n) is 2.81. The summed E-state index contributed by atoms with van der Waals surface area (Å²) in [6, 6.07) is 4.14. The molecular formula is C16H22F2N2O3. The molecule has 0 unspecified atom stereocenters. The van der Waals surface area contributed by atoms with Gasteiger partial charge in [0.25, 0.3) is 0 Å². The molecule has 2 amide bonds. The van der Waals surface area contributed by atoms with Crippen LogP contribution in [0.4, 0.5) is 19.3 Å². The zero-order valence-corrected chi connectivity index (χ0v) is 13.3. The second-order valence-corrected chi connectivity index (χ2v) is 5.71. The molecule has 23 heavy (non-hydrogen) atoms. The third-order valence-corrected chi connectivity index (χ3v) is 4.07. The maximum Gasteiger partial charge on any atom is 0.387 e. The summed E-state index contributed by atoms with van der Waals surface area (Å²) in [7, 11) is 1.36. The number of benzene rings is 1. The number of hydrogen-bond acceptors (Lipinski definition) is 3. The molecule has 7 heteroatoms. The Kier molecular flexibility index (Phi) is 6.01. The number of hydrogen-bond donors (Lipinski definition) is 2. The van der Waals surface area contributed by atoms with Gasteiger partial charge in [0.2, 0.25) is 0 Å². The summed E-state index contributed by atoms with van der Waals surface area (Å²) in [5.41, 5.74) is 0.363. The molecule has 0 bridgehead atoms. The molecule has 1 aromatic rings. The van der Waals surface area contributed by atoms with Crippen molar-refractivity contribution in [3.8, 4) is 11.5 Å². The molecule has 0 radical (unpaired) electrons. The first-order chi connectivity index (χ1) is 11.0. The Morgan fingerprint density at radius 3 is 2.65 bits per heavy atom. The molecule has 0 heterocycles. The summed E-state index contributed by atoms with van der Waals surface area (Å²) >= 11 is 0. The van der Waals surface area contributed by atoms with E-state index in [-0.39, 0.29) is 23.6 Å². The highest BCUT2D eigenvalue weighted by atomic mass is 19.3. The molecule has 2 atom stereocenters. The Morgan fingerprint density at radius 1 is 1.26 bits per heavy atom. The average molecular weight is 328 g/mol. The lowest BCUT2D eigenvalue weighted by Gasteiger charge is -2.29. The lowest BCUT2D eigenvalue weighted by atomic mass is 9.86. The zero-order valence-electron chi connectivity index (χ0n) is 13.3. The van der Waals surface area contributed by atoms with Crippen molar-refractivity contribution in [1.29, 1.82) is 0 Å². The van der Waals surface area contributed by atoms with E-state index < -0.39 is 6.61 Å². The van der Waals surface area contributed by atoms with Crippen LogP contribution in [0.5, 0.6) is 11.5 Å². The maximum absolute atomic E-state index is 12.4. The van der Waals surface area contributed by atoms with Crippen molar-refractivity contribution < 1.29 is 23.0 Å². The van der Waals surface area contributed by atoms with E-state index in [1.165, 1.54) is 25.7 Å². The lowest BCUT2D eigenvalue weighted by molar-refractivity contribution is -0.0511. The first-order valence-corrected chi connectivity index (χ1v) is 7.70. The normalized spacial score (nSPS) is 20.9. The molecule has 5 nitrogen and oxygen atoms in total. The van der Waals surface area contributed by atoms with Gasteiger partial charge in [0.05, 0.1) is 7.11 Å². The number of halogens is 2. The van der Waals surface area contributed by atoms with Gasteiger partial charge in [-0.05, 0) is 30.9 Å². The van der Waals surface area contributed by atoms with E-state index in [0.717, 1.165) is 19.3 Å². The molecule has 0 saturated heterocycles. The van der Waals surface area contributed by atoms with Crippen LogP contribution in [0.1, 0.15) is 32.6 Å². The summed E-state index contributed by atoms with van der Waals surface area (Å²) in [5, 5.41) is 5.58. The number of alkyl halides is 2. The van der Waals surface area contributed by atoms with Crippen LogP contribution in [0.2, 0.25) is 0 Å². The van der Waals surface area contributed by atoms with E-state index in [9.17, 15) is 13.6 Å². The number of ether oxygens (including phenoxy) is 2. The van der Waals surface area contributed by atoms with Gasteiger partial charge in [-0.1, -0.05) is 19.8 Å². The molecule has 1 fully saturated rings. The maximum atomic E-state index is 12.4. The van der Waals surface area contributed by atoms with Crippen LogP contribution in [-0.4, -0.2) is 25.8 Å². The van der Waals surface area contributed by atoms with E-state index in [0.29, 0.717) is 11.6 Å². The van der Waals surface area contributed by atoms with Gasteiger partial charge in [0.15, 0.2) is 11.5 Å². The highest BCUT2D eigenvalue weighted by Crippen LogP contribution is 2.31. The molecule has 1 aliphatic rings. The van der Waals surface area contributed by atoms with E-state index >= 15 is 0 Å². The molecule has 1 aliphatic carbocycles. The minimum absolute atomic E-state index is 0.119. The molecule has 1 saturated carbocycles. The quantitative estimate of drug-likeness (QED) is 0.859. The van der Waals surface area contributed by atoms with Crippen molar-refractivity contribution >= 4 is 11.7 Å². The van der Waals surface area contributed by atoms with E-state index in [1.54, 1.807) is 6.07 Å². The molecule has 0 aliphatic heterocycles. The van der Waals surface area contributed by atoms with Crippen LogP contribution in [0.25, 0.3) is 0 Å². The van der Waals surface area contributed by atoms with E-state index in [4.69, 9.17) is 4.74 Å². The minimum atomic E-state index is -2.96. The number of amides is 2. The SMILES string of the molecule is COc1ccc(NC(=O)N[C@@H]2CCCC[C@@H]2C)cc1OC(F)F. The summed E-state index contributed by atoms with van der Waals surface area (Å²) in [6.07, 6.45) is 4.34. The second kappa shape index (κ2) is 7.99. The van der Waals surface area contributed by atoms with Crippen molar-refractivity contribution in [2.75, 3.05) is 12.4 Å². The lowest BCUT2D eigenvalue weighted by Crippen LogP contribution is -2.43. The Morgan fingerprint density at radius 2 is 2.00 bits per heavy atom. The van der Waals surface area contributed by atoms with Gasteiger partial charge in [-0.3, -0.25) is 0 Å². The summed E-state index contributed by atoms with van der Waals surface area (Å²) < 4.78 is 34.2. The van der Waals surface area contributed by atoms with Crippen LogP contribution in [-0.2, 0) is 0 Å². The summed E-state index contributed by atoms with van der Waals surface area (Å²) in [5.74, 6) is 0.492. The number of carbonyl (C=O) groups is 1. The van der Waals surface area contributed by atoms with Crippen LogP contribution in [0.15, 0.2) is 18.2 Å². The van der Waals surface area contributed by atoms with Gasteiger partial charge in [0.1, 0.15) is 0 Å². The van der Waals surface area contributed by atoms with Crippen molar-refractivity contribution in [2.45, 2.75) is 45.3 Å². The molecule has 1 aromatic carbocycles. The zero-order chi connectivity index (χ0) is 16.8. The highest BCUT2D eigenvalue weighted by Gasteiger charge is 2.23. The first kappa shape index (κ1) is 17.3.